The van der Waals surface area contributed by atoms with Gasteiger partial charge >= 0.3 is 0 Å². The highest BCUT2D eigenvalue weighted by molar-refractivity contribution is 6.01. The molecule has 7 nitrogen and oxygen atoms in total. The van der Waals surface area contributed by atoms with Crippen molar-refractivity contribution in [1.29, 1.82) is 0 Å². The molecule has 5 fully saturated rings. The lowest BCUT2D eigenvalue weighted by Crippen LogP contribution is -2.61. The van der Waals surface area contributed by atoms with Gasteiger partial charge < -0.3 is 23.7 Å². The predicted molar refractivity (Wildman–Crippen MR) is 111 cm³/mol. The fourth-order valence-electron chi connectivity index (χ4n) is 6.91. The Kier molecular flexibility index (Phi) is 3.93. The second-order valence-electron chi connectivity index (χ2n) is 8.94. The predicted octanol–water partition coefficient (Wildman–Crippen LogP) is 2.69. The van der Waals surface area contributed by atoms with Crippen molar-refractivity contribution >= 4 is 11.6 Å². The number of methoxy groups -OCH3 is 4. The molecule has 160 valence electrons. The topological polar surface area (TPSA) is 61.8 Å². The largest absolute Gasteiger partial charge is 0.494 e. The van der Waals surface area contributed by atoms with Crippen LogP contribution in [0.1, 0.15) is 18.4 Å². The Bertz CT molecular complexity index is 973. The van der Waals surface area contributed by atoms with E-state index in [2.05, 4.69) is 11.0 Å². The first-order valence-corrected chi connectivity index (χ1v) is 10.7. The first kappa shape index (κ1) is 18.5. The van der Waals surface area contributed by atoms with E-state index in [1.165, 1.54) is 5.57 Å². The molecule has 0 aromatic heterocycles. The van der Waals surface area contributed by atoms with Gasteiger partial charge in [0.1, 0.15) is 11.4 Å². The Hall–Kier alpha value is -2.25. The zero-order chi connectivity index (χ0) is 20.6. The molecule has 0 saturated carbocycles. The number of rotatable bonds is 5. The lowest BCUT2D eigenvalue weighted by molar-refractivity contribution is -0.0156. The van der Waals surface area contributed by atoms with Crippen molar-refractivity contribution in [1.82, 2.24) is 4.90 Å². The summed E-state index contributed by atoms with van der Waals surface area (Å²) in [5.74, 6) is 4.03. The highest BCUT2D eigenvalue weighted by atomic mass is 16.5. The molecule has 6 aliphatic rings. The quantitative estimate of drug-likeness (QED) is 0.693. The van der Waals surface area contributed by atoms with Crippen LogP contribution in [0.5, 0.6) is 17.2 Å². The van der Waals surface area contributed by atoms with Crippen LogP contribution in [0.3, 0.4) is 0 Å². The second kappa shape index (κ2) is 6.37. The number of piperidine rings is 3. The van der Waals surface area contributed by atoms with E-state index in [1.54, 1.807) is 28.4 Å². The minimum atomic E-state index is -0.302. The zero-order valence-electron chi connectivity index (χ0n) is 17.9. The van der Waals surface area contributed by atoms with Gasteiger partial charge in [-0.15, -0.1) is 0 Å². The summed E-state index contributed by atoms with van der Waals surface area (Å²) in [4.78, 5) is 7.70. The van der Waals surface area contributed by atoms with E-state index in [1.807, 2.05) is 6.07 Å². The molecule has 0 radical (unpaired) electrons. The molecular formula is C23H28N2O5. The first-order chi connectivity index (χ1) is 14.7. The average molecular weight is 412 g/mol. The van der Waals surface area contributed by atoms with Crippen LogP contribution in [-0.2, 0) is 14.9 Å². The van der Waals surface area contributed by atoms with Gasteiger partial charge in [0.2, 0.25) is 5.90 Å². The molecule has 6 heterocycles. The zero-order valence-corrected chi connectivity index (χ0v) is 17.9. The van der Waals surface area contributed by atoms with E-state index in [0.717, 1.165) is 42.3 Å². The molecule has 30 heavy (non-hydrogen) atoms. The summed E-state index contributed by atoms with van der Waals surface area (Å²) >= 11 is 0. The van der Waals surface area contributed by atoms with Gasteiger partial charge in [-0.25, -0.2) is 4.99 Å². The van der Waals surface area contributed by atoms with Crippen molar-refractivity contribution in [2.75, 3.05) is 48.2 Å². The number of fused-ring (bicyclic) bond motifs is 2. The van der Waals surface area contributed by atoms with Crippen molar-refractivity contribution < 1.29 is 23.7 Å². The van der Waals surface area contributed by atoms with E-state index in [0.29, 0.717) is 48.6 Å². The number of aliphatic imine (C=N–C) groups is 1. The van der Waals surface area contributed by atoms with Crippen LogP contribution < -0.4 is 14.2 Å². The van der Waals surface area contributed by atoms with Gasteiger partial charge in [0.15, 0.2) is 11.5 Å². The third-order valence-corrected chi connectivity index (χ3v) is 8.05. The molecule has 0 N–H and O–H groups in total. The van der Waals surface area contributed by atoms with Crippen molar-refractivity contribution in [3.63, 3.8) is 0 Å². The lowest BCUT2D eigenvalue weighted by Gasteiger charge is -2.54. The van der Waals surface area contributed by atoms with Crippen LogP contribution in [-0.4, -0.2) is 71.1 Å². The number of hydrogen-bond donors (Lipinski definition) is 0. The summed E-state index contributed by atoms with van der Waals surface area (Å²) in [6.07, 6.45) is 4.40. The molecule has 1 aromatic rings. The standard InChI is InChI=1S/C23H28N2O5/c1-26-6-5-12-10-25-15-9-23-18(25)7-13(12)14(15)11-30-22(23)24-20-16(27-2)8-17(28-3)21(29-4)19(20)23/h5,8,13-15,18H,6-7,9-11H2,1-4H3/b12-5+/t13-,14+,15-,18-,23-/m0/s1. The van der Waals surface area contributed by atoms with E-state index in [-0.39, 0.29) is 5.41 Å². The Morgan fingerprint density at radius 3 is 2.77 bits per heavy atom. The van der Waals surface area contributed by atoms with Gasteiger partial charge in [-0.1, -0.05) is 11.6 Å². The van der Waals surface area contributed by atoms with Crippen LogP contribution in [0, 0.1) is 11.8 Å². The summed E-state index contributed by atoms with van der Waals surface area (Å²) < 4.78 is 29.1. The molecule has 7 heteroatoms. The van der Waals surface area contributed by atoms with E-state index >= 15 is 0 Å². The molecule has 0 aliphatic carbocycles. The Balaban J connectivity index is 1.54. The number of nitrogens with zero attached hydrogens (tertiary/aromatic N) is 2. The molecule has 5 bridgehead atoms. The van der Waals surface area contributed by atoms with Gasteiger partial charge in [-0.2, -0.15) is 0 Å². The maximum atomic E-state index is 6.46. The lowest BCUT2D eigenvalue weighted by atomic mass is 9.68. The molecule has 5 saturated heterocycles. The Labute approximate surface area is 176 Å². The maximum Gasteiger partial charge on any atom is 0.201 e. The minimum absolute atomic E-state index is 0.302. The van der Waals surface area contributed by atoms with E-state index in [4.69, 9.17) is 28.7 Å². The third-order valence-electron chi connectivity index (χ3n) is 8.05. The molecule has 7 rings (SSSR count). The fourth-order valence-corrected chi connectivity index (χ4v) is 6.91. The SMILES string of the molecule is COC/C=C1\CN2[C@H]3C[C@@H]1[C@H]1COC4=Nc5c(OC)cc(OC)c(OC)c5[C@@]43C[C@@H]12. The fraction of sp³-hybridized carbons (Fsp3) is 0.609. The summed E-state index contributed by atoms with van der Waals surface area (Å²) in [5.41, 5.74) is 3.12. The van der Waals surface area contributed by atoms with Gasteiger partial charge in [0.25, 0.3) is 0 Å². The number of hydrogen-bond acceptors (Lipinski definition) is 7. The monoisotopic (exact) mass is 412 g/mol. The minimum Gasteiger partial charge on any atom is -0.494 e. The van der Waals surface area contributed by atoms with Gasteiger partial charge in [-0.3, -0.25) is 4.90 Å². The Morgan fingerprint density at radius 2 is 2.03 bits per heavy atom. The normalized spacial score (nSPS) is 38.1. The van der Waals surface area contributed by atoms with Crippen molar-refractivity contribution in [2.24, 2.45) is 16.8 Å². The maximum absolute atomic E-state index is 6.46. The molecular weight excluding hydrogens is 384 g/mol. The van der Waals surface area contributed by atoms with Crippen molar-refractivity contribution in [2.45, 2.75) is 30.3 Å². The highest BCUT2D eigenvalue weighted by Crippen LogP contribution is 2.66. The summed E-state index contributed by atoms with van der Waals surface area (Å²) in [7, 11) is 6.81. The van der Waals surface area contributed by atoms with Gasteiger partial charge in [-0.05, 0) is 18.8 Å². The van der Waals surface area contributed by atoms with Crippen LogP contribution in [0.2, 0.25) is 0 Å². The summed E-state index contributed by atoms with van der Waals surface area (Å²) in [5, 5.41) is 0. The molecule has 1 aromatic carbocycles. The average Bonchev–Trinajstić information content (AvgIpc) is 3.14. The molecule has 6 aliphatic heterocycles. The van der Waals surface area contributed by atoms with Gasteiger partial charge in [0, 0.05) is 43.3 Å². The molecule has 1 unspecified atom stereocenters. The molecule has 1 spiro atoms. The highest BCUT2D eigenvalue weighted by Gasteiger charge is 2.70. The molecule has 0 amide bonds. The second-order valence-corrected chi connectivity index (χ2v) is 8.94. The van der Waals surface area contributed by atoms with Crippen molar-refractivity contribution in [3.05, 3.63) is 23.3 Å². The van der Waals surface area contributed by atoms with Gasteiger partial charge in [0.05, 0.1) is 40.0 Å². The smallest absolute Gasteiger partial charge is 0.201 e. The van der Waals surface area contributed by atoms with Crippen LogP contribution >= 0.6 is 0 Å². The molecule has 6 atom stereocenters. The number of benzene rings is 1. The summed E-state index contributed by atoms with van der Waals surface area (Å²) in [6.45, 7) is 2.39. The third kappa shape index (κ3) is 2.05. The van der Waals surface area contributed by atoms with E-state index < -0.39 is 0 Å². The Morgan fingerprint density at radius 1 is 1.20 bits per heavy atom. The summed E-state index contributed by atoms with van der Waals surface area (Å²) in [6, 6.07) is 2.70. The number of ether oxygens (including phenoxy) is 5. The van der Waals surface area contributed by atoms with E-state index in [9.17, 15) is 0 Å². The first-order valence-electron chi connectivity index (χ1n) is 10.7. The van der Waals surface area contributed by atoms with Crippen LogP contribution in [0.25, 0.3) is 0 Å². The van der Waals surface area contributed by atoms with Crippen LogP contribution in [0.15, 0.2) is 22.7 Å². The van der Waals surface area contributed by atoms with Crippen LogP contribution in [0.4, 0.5) is 5.69 Å². The van der Waals surface area contributed by atoms with Crippen molar-refractivity contribution in [3.8, 4) is 17.2 Å².